The summed E-state index contributed by atoms with van der Waals surface area (Å²) in [5.41, 5.74) is 0.529. The first-order valence-corrected chi connectivity index (χ1v) is 10.4. The maximum absolute atomic E-state index is 12.7. The van der Waals surface area contributed by atoms with Crippen LogP contribution in [0.25, 0.3) is 0 Å². The fourth-order valence-electron chi connectivity index (χ4n) is 3.47. The normalized spacial score (nSPS) is 16.1. The molecule has 144 valence electrons. The summed E-state index contributed by atoms with van der Waals surface area (Å²) in [5, 5.41) is 11.1. The van der Waals surface area contributed by atoms with Gasteiger partial charge in [0.2, 0.25) is 21.9 Å². The van der Waals surface area contributed by atoms with E-state index in [-0.39, 0.29) is 10.8 Å². The zero-order valence-electron chi connectivity index (χ0n) is 15.1. The predicted octanol–water partition coefficient (Wildman–Crippen LogP) is 1.82. The molecule has 9 heteroatoms. The fourth-order valence-corrected chi connectivity index (χ4v) is 4.03. The molecule has 1 saturated carbocycles. The molecule has 8 nitrogen and oxygen atoms in total. The van der Waals surface area contributed by atoms with Crippen LogP contribution in [0.5, 0.6) is 0 Å². The third kappa shape index (κ3) is 4.09. The Morgan fingerprint density at radius 1 is 1.26 bits per heavy atom. The number of nitrogens with zero attached hydrogens (tertiary/aromatic N) is 2. The largest absolute Gasteiger partial charge is 0.356 e. The molecule has 0 spiro atoms. The highest BCUT2D eigenvalue weighted by Gasteiger charge is 2.43. The van der Waals surface area contributed by atoms with Crippen molar-refractivity contribution in [1.82, 2.24) is 15.3 Å². The second-order valence-electron chi connectivity index (χ2n) is 6.61. The smallest absolute Gasteiger partial charge is 0.238 e. The van der Waals surface area contributed by atoms with Crippen LogP contribution in [0.1, 0.15) is 38.3 Å². The monoisotopic (exact) mass is 389 g/mol. The van der Waals surface area contributed by atoms with Crippen molar-refractivity contribution in [2.45, 2.75) is 42.9 Å². The summed E-state index contributed by atoms with van der Waals surface area (Å²) in [7, 11) is -3.80. The number of amides is 1. The molecule has 0 unspecified atom stereocenters. The molecule has 27 heavy (non-hydrogen) atoms. The number of benzene rings is 1. The van der Waals surface area contributed by atoms with Gasteiger partial charge in [-0.3, -0.25) is 4.79 Å². The standard InChI is InChI=1S/C18H23N5O3S/c1-2-20-16(24)18(9-3-4-10-18)15-8-11-21-17(23-15)22-13-6-5-7-14(12-13)27(19,25)26/h5-8,11-12H,2-4,9-10H2,1H3,(H,20,24)(H2,19,25,26)(H,21,22,23). The Morgan fingerprint density at radius 3 is 2.67 bits per heavy atom. The van der Waals surface area contributed by atoms with Crippen LogP contribution >= 0.6 is 0 Å². The number of carbonyl (C=O) groups is 1. The Morgan fingerprint density at radius 2 is 2.00 bits per heavy atom. The number of primary sulfonamides is 1. The van der Waals surface area contributed by atoms with Crippen LogP contribution < -0.4 is 15.8 Å². The van der Waals surface area contributed by atoms with Crippen molar-refractivity contribution in [3.8, 4) is 0 Å². The maximum Gasteiger partial charge on any atom is 0.238 e. The summed E-state index contributed by atoms with van der Waals surface area (Å²) < 4.78 is 23.0. The van der Waals surface area contributed by atoms with E-state index in [1.54, 1.807) is 24.4 Å². The molecule has 0 aliphatic heterocycles. The van der Waals surface area contributed by atoms with Gasteiger partial charge in [-0.25, -0.2) is 23.5 Å². The lowest BCUT2D eigenvalue weighted by molar-refractivity contribution is -0.126. The summed E-state index contributed by atoms with van der Waals surface area (Å²) >= 11 is 0. The molecule has 4 N–H and O–H groups in total. The first-order chi connectivity index (χ1) is 12.8. The van der Waals surface area contributed by atoms with E-state index in [9.17, 15) is 13.2 Å². The Labute approximate surface area is 158 Å². The molecule has 1 fully saturated rings. The molecule has 0 radical (unpaired) electrons. The lowest BCUT2D eigenvalue weighted by atomic mass is 9.81. The molecule has 3 rings (SSSR count). The van der Waals surface area contributed by atoms with Crippen LogP contribution in [0.4, 0.5) is 11.6 Å². The van der Waals surface area contributed by atoms with E-state index < -0.39 is 15.4 Å². The van der Waals surface area contributed by atoms with Crippen molar-refractivity contribution in [1.29, 1.82) is 0 Å². The molecule has 1 heterocycles. The van der Waals surface area contributed by atoms with Gasteiger partial charge in [0, 0.05) is 18.4 Å². The van der Waals surface area contributed by atoms with Gasteiger partial charge in [0.25, 0.3) is 0 Å². The average molecular weight is 389 g/mol. The molecular formula is C18H23N5O3S. The van der Waals surface area contributed by atoms with Gasteiger partial charge in [0.1, 0.15) is 0 Å². The van der Waals surface area contributed by atoms with Gasteiger partial charge in [0.15, 0.2) is 0 Å². The highest BCUT2D eigenvalue weighted by Crippen LogP contribution is 2.40. The Balaban J connectivity index is 1.91. The molecule has 1 amide bonds. The number of nitrogens with two attached hydrogens (primary N) is 1. The predicted molar refractivity (Wildman–Crippen MR) is 102 cm³/mol. The molecule has 0 bridgehead atoms. The summed E-state index contributed by atoms with van der Waals surface area (Å²) in [6, 6.07) is 7.88. The van der Waals surface area contributed by atoms with Crippen molar-refractivity contribution in [2.75, 3.05) is 11.9 Å². The van der Waals surface area contributed by atoms with Crippen LogP contribution in [-0.2, 0) is 20.2 Å². The van der Waals surface area contributed by atoms with Gasteiger partial charge in [-0.15, -0.1) is 0 Å². The number of rotatable bonds is 6. The van der Waals surface area contributed by atoms with Gasteiger partial charge < -0.3 is 10.6 Å². The number of sulfonamides is 1. The van der Waals surface area contributed by atoms with Gasteiger partial charge >= 0.3 is 0 Å². The third-order valence-corrected chi connectivity index (χ3v) is 5.70. The number of hydrogen-bond acceptors (Lipinski definition) is 6. The van der Waals surface area contributed by atoms with Crippen molar-refractivity contribution in [3.63, 3.8) is 0 Å². The SMILES string of the molecule is CCNC(=O)C1(c2ccnc(Nc3cccc(S(N)(=O)=O)c3)n2)CCCC1. The second-order valence-corrected chi connectivity index (χ2v) is 8.17. The molecule has 1 aliphatic carbocycles. The number of anilines is 2. The maximum atomic E-state index is 12.7. The zero-order valence-corrected chi connectivity index (χ0v) is 15.9. The lowest BCUT2D eigenvalue weighted by Crippen LogP contribution is -2.43. The van der Waals surface area contributed by atoms with E-state index in [1.807, 2.05) is 6.92 Å². The fraction of sp³-hybridized carbons (Fsp3) is 0.389. The molecular weight excluding hydrogens is 366 g/mol. The van der Waals surface area contributed by atoms with Gasteiger partial charge in [0.05, 0.1) is 16.0 Å². The minimum absolute atomic E-state index is 0.00163. The molecule has 1 aromatic carbocycles. The van der Waals surface area contributed by atoms with E-state index in [0.29, 0.717) is 23.9 Å². The zero-order chi connectivity index (χ0) is 19.5. The van der Waals surface area contributed by atoms with Crippen LogP contribution in [0.2, 0.25) is 0 Å². The topological polar surface area (TPSA) is 127 Å². The molecule has 2 aromatic rings. The minimum atomic E-state index is -3.80. The van der Waals surface area contributed by atoms with Gasteiger partial charge in [-0.1, -0.05) is 18.9 Å². The molecule has 0 saturated heterocycles. The first-order valence-electron chi connectivity index (χ1n) is 8.87. The van der Waals surface area contributed by atoms with Gasteiger partial charge in [-0.2, -0.15) is 0 Å². The summed E-state index contributed by atoms with van der Waals surface area (Å²) in [6.07, 6.45) is 5.04. The molecule has 1 aliphatic rings. The highest BCUT2D eigenvalue weighted by atomic mass is 32.2. The number of likely N-dealkylation sites (N-methyl/N-ethyl adjacent to an activating group) is 1. The summed E-state index contributed by atoms with van der Waals surface area (Å²) in [5.74, 6) is 0.290. The van der Waals surface area contributed by atoms with Crippen molar-refractivity contribution in [2.24, 2.45) is 5.14 Å². The van der Waals surface area contributed by atoms with Crippen LogP contribution in [0.3, 0.4) is 0 Å². The van der Waals surface area contributed by atoms with E-state index >= 15 is 0 Å². The van der Waals surface area contributed by atoms with E-state index in [0.717, 1.165) is 25.7 Å². The van der Waals surface area contributed by atoms with E-state index in [1.165, 1.54) is 12.1 Å². The Hall–Kier alpha value is -2.52. The lowest BCUT2D eigenvalue weighted by Gasteiger charge is -2.27. The minimum Gasteiger partial charge on any atom is -0.356 e. The number of aromatic nitrogens is 2. The number of hydrogen-bond donors (Lipinski definition) is 3. The van der Waals surface area contributed by atoms with Crippen LogP contribution in [0, 0.1) is 0 Å². The van der Waals surface area contributed by atoms with Crippen molar-refractivity contribution in [3.05, 3.63) is 42.2 Å². The van der Waals surface area contributed by atoms with Crippen LogP contribution in [-0.4, -0.2) is 30.8 Å². The summed E-state index contributed by atoms with van der Waals surface area (Å²) in [4.78, 5) is 21.5. The number of carbonyl (C=O) groups excluding carboxylic acids is 1. The Kier molecular flexibility index (Phi) is 5.43. The van der Waals surface area contributed by atoms with E-state index in [4.69, 9.17) is 5.14 Å². The summed E-state index contributed by atoms with van der Waals surface area (Å²) in [6.45, 7) is 2.46. The first kappa shape index (κ1) is 19.2. The van der Waals surface area contributed by atoms with Crippen molar-refractivity contribution >= 4 is 27.6 Å². The Bertz CT molecular complexity index is 940. The molecule has 0 atom stereocenters. The van der Waals surface area contributed by atoms with Crippen molar-refractivity contribution < 1.29 is 13.2 Å². The quantitative estimate of drug-likeness (QED) is 0.691. The third-order valence-electron chi connectivity index (χ3n) is 4.79. The van der Waals surface area contributed by atoms with E-state index in [2.05, 4.69) is 20.6 Å². The second kappa shape index (κ2) is 7.61. The van der Waals surface area contributed by atoms with Gasteiger partial charge in [-0.05, 0) is 44.0 Å². The van der Waals surface area contributed by atoms with Crippen LogP contribution in [0.15, 0.2) is 41.4 Å². The number of nitrogens with one attached hydrogen (secondary N) is 2. The highest BCUT2D eigenvalue weighted by molar-refractivity contribution is 7.89. The molecule has 1 aromatic heterocycles. The average Bonchev–Trinajstić information content (AvgIpc) is 3.13.